The second-order valence-corrected chi connectivity index (χ2v) is 6.19. The molecule has 20 heavy (non-hydrogen) atoms. The average molecular weight is 304 g/mol. The molecule has 1 unspecified atom stereocenters. The van der Waals surface area contributed by atoms with E-state index >= 15 is 0 Å². The minimum Gasteiger partial charge on any atom is -0.432 e. The Morgan fingerprint density at radius 3 is 2.10 bits per heavy atom. The maximum absolute atomic E-state index is 11.6. The van der Waals surface area contributed by atoms with Crippen molar-refractivity contribution in [3.8, 4) is 0 Å². The fourth-order valence-corrected chi connectivity index (χ4v) is 3.17. The van der Waals surface area contributed by atoms with E-state index < -0.39 is 27.2 Å². The number of rotatable bonds is 11. The Hall–Kier alpha value is -0.693. The lowest BCUT2D eigenvalue weighted by Crippen LogP contribution is -2.45. The number of carbonyl (C=O) groups is 1. The fourth-order valence-electron chi connectivity index (χ4n) is 1.83. The smallest absolute Gasteiger partial charge is 0.335 e. The summed E-state index contributed by atoms with van der Waals surface area (Å²) in [7, 11) is -0.652. The van der Waals surface area contributed by atoms with Crippen LogP contribution in [0.15, 0.2) is 12.2 Å². The summed E-state index contributed by atoms with van der Waals surface area (Å²) in [5.74, 6) is -0.455. The van der Waals surface area contributed by atoms with Crippen molar-refractivity contribution in [3.63, 3.8) is 0 Å². The van der Waals surface area contributed by atoms with Gasteiger partial charge in [-0.3, -0.25) is 0 Å². The number of carbonyl (C=O) groups excluding carboxylic acids is 1. The molecular weight excluding hydrogens is 276 g/mol. The molecule has 5 nitrogen and oxygen atoms in total. The predicted octanol–water partition coefficient (Wildman–Crippen LogP) is 1.80. The highest BCUT2D eigenvalue weighted by atomic mass is 28.2. The van der Waals surface area contributed by atoms with Gasteiger partial charge in [0.05, 0.1) is 15.9 Å². The normalized spacial score (nSPS) is 13.7. The Kier molecular flexibility index (Phi) is 9.74. The first-order valence-corrected chi connectivity index (χ1v) is 9.32. The standard InChI is InChI=1S/C14H28O5Si/c1-7-16-12(19-13(15)11(4)5)10-14(20-6,17-8-2)18-9-3/h12H,4,7-10,20H2,1-3,5-6H3. The molecular formula is C14H28O5Si. The number of esters is 1. The molecule has 1 atom stereocenters. The van der Waals surface area contributed by atoms with Gasteiger partial charge in [-0.2, -0.15) is 0 Å². The van der Waals surface area contributed by atoms with Crippen LogP contribution in [0.4, 0.5) is 0 Å². The maximum Gasteiger partial charge on any atom is 0.335 e. The lowest BCUT2D eigenvalue weighted by atomic mass is 10.3. The molecule has 0 spiro atoms. The number of hydrogen-bond donors (Lipinski definition) is 0. The van der Waals surface area contributed by atoms with E-state index in [1.54, 1.807) is 6.92 Å². The summed E-state index contributed by atoms with van der Waals surface area (Å²) in [6, 6.07) is 0. The average Bonchev–Trinajstić information content (AvgIpc) is 2.39. The Morgan fingerprint density at radius 1 is 1.20 bits per heavy atom. The minimum atomic E-state index is -0.672. The maximum atomic E-state index is 11.6. The van der Waals surface area contributed by atoms with Crippen LogP contribution in [0.2, 0.25) is 6.55 Å². The summed E-state index contributed by atoms with van der Waals surface area (Å²) in [4.78, 5) is 11.6. The molecule has 0 bridgehead atoms. The van der Waals surface area contributed by atoms with Crippen molar-refractivity contribution in [2.75, 3.05) is 19.8 Å². The van der Waals surface area contributed by atoms with E-state index in [2.05, 4.69) is 13.1 Å². The molecule has 118 valence electrons. The van der Waals surface area contributed by atoms with E-state index in [4.69, 9.17) is 18.9 Å². The predicted molar refractivity (Wildman–Crippen MR) is 81.3 cm³/mol. The molecule has 0 aromatic rings. The SMILES string of the molecule is C=C(C)C(=O)OC(CC(OCC)(OCC)[SiH2]C)OCC. The van der Waals surface area contributed by atoms with E-state index in [1.165, 1.54) is 0 Å². The molecule has 0 saturated heterocycles. The summed E-state index contributed by atoms with van der Waals surface area (Å²) in [5.41, 5.74) is -0.305. The molecule has 0 heterocycles. The second kappa shape index (κ2) is 10.1. The molecule has 6 heteroatoms. The van der Waals surface area contributed by atoms with Crippen LogP contribution in [-0.4, -0.2) is 47.0 Å². The summed E-state index contributed by atoms with van der Waals surface area (Å²) >= 11 is 0. The van der Waals surface area contributed by atoms with Crippen LogP contribution in [-0.2, 0) is 23.7 Å². The van der Waals surface area contributed by atoms with E-state index in [-0.39, 0.29) is 0 Å². The third-order valence-corrected chi connectivity index (χ3v) is 4.54. The molecule has 0 aliphatic carbocycles. The van der Waals surface area contributed by atoms with Crippen LogP contribution in [0.3, 0.4) is 0 Å². The fraction of sp³-hybridized carbons (Fsp3) is 0.786. The van der Waals surface area contributed by atoms with Crippen molar-refractivity contribution in [1.29, 1.82) is 0 Å². The first-order chi connectivity index (χ1) is 9.44. The number of hydrogen-bond acceptors (Lipinski definition) is 5. The lowest BCUT2D eigenvalue weighted by Gasteiger charge is -2.35. The minimum absolute atomic E-state index is 0.349. The third kappa shape index (κ3) is 6.65. The largest absolute Gasteiger partial charge is 0.432 e. The van der Waals surface area contributed by atoms with E-state index in [1.807, 2.05) is 20.8 Å². The van der Waals surface area contributed by atoms with Gasteiger partial charge in [0.15, 0.2) is 5.41 Å². The highest BCUT2D eigenvalue weighted by Gasteiger charge is 2.35. The van der Waals surface area contributed by atoms with E-state index in [0.717, 1.165) is 0 Å². The zero-order valence-corrected chi connectivity index (χ0v) is 14.8. The molecule has 0 radical (unpaired) electrons. The van der Waals surface area contributed by atoms with Crippen LogP contribution in [0.1, 0.15) is 34.1 Å². The van der Waals surface area contributed by atoms with Crippen LogP contribution in [0.25, 0.3) is 0 Å². The second-order valence-electron chi connectivity index (χ2n) is 4.40. The van der Waals surface area contributed by atoms with Crippen LogP contribution < -0.4 is 0 Å². The van der Waals surface area contributed by atoms with Gasteiger partial charge >= 0.3 is 5.97 Å². The quantitative estimate of drug-likeness (QED) is 0.252. The van der Waals surface area contributed by atoms with Crippen molar-refractivity contribution in [3.05, 3.63) is 12.2 Å². The first kappa shape index (κ1) is 19.3. The monoisotopic (exact) mass is 304 g/mol. The van der Waals surface area contributed by atoms with Gasteiger partial charge in [0.1, 0.15) is 0 Å². The van der Waals surface area contributed by atoms with Gasteiger partial charge in [-0.1, -0.05) is 13.1 Å². The van der Waals surface area contributed by atoms with Crippen LogP contribution in [0.5, 0.6) is 0 Å². The zero-order chi connectivity index (χ0) is 15.6. The Morgan fingerprint density at radius 2 is 1.75 bits per heavy atom. The van der Waals surface area contributed by atoms with Crippen molar-refractivity contribution in [1.82, 2.24) is 0 Å². The summed E-state index contributed by atoms with van der Waals surface area (Å²) in [6.07, 6.45) is -0.278. The highest BCUT2D eigenvalue weighted by molar-refractivity contribution is 6.37. The molecule has 0 amide bonds. The van der Waals surface area contributed by atoms with Gasteiger partial charge in [-0.15, -0.1) is 0 Å². The summed E-state index contributed by atoms with van der Waals surface area (Å²) < 4.78 is 22.4. The van der Waals surface area contributed by atoms with Crippen LogP contribution >= 0.6 is 0 Å². The van der Waals surface area contributed by atoms with E-state index in [0.29, 0.717) is 31.8 Å². The molecule has 0 aromatic carbocycles. The first-order valence-electron chi connectivity index (χ1n) is 7.20. The Bertz CT molecular complexity index is 300. The van der Waals surface area contributed by atoms with Gasteiger partial charge in [0.25, 0.3) is 0 Å². The number of ether oxygens (including phenoxy) is 4. The Balaban J connectivity index is 4.87. The molecule has 0 rings (SSSR count). The molecule has 0 saturated carbocycles. The van der Waals surface area contributed by atoms with Gasteiger partial charge in [-0.05, 0) is 27.7 Å². The highest BCUT2D eigenvalue weighted by Crippen LogP contribution is 2.22. The van der Waals surface area contributed by atoms with Crippen molar-refractivity contribution >= 4 is 15.5 Å². The summed E-state index contributed by atoms with van der Waals surface area (Å²) in [6.45, 7) is 14.5. The molecule has 0 N–H and O–H groups in total. The van der Waals surface area contributed by atoms with Gasteiger partial charge < -0.3 is 18.9 Å². The van der Waals surface area contributed by atoms with Crippen molar-refractivity contribution in [2.24, 2.45) is 0 Å². The van der Waals surface area contributed by atoms with Crippen molar-refractivity contribution < 1.29 is 23.7 Å². The summed E-state index contributed by atoms with van der Waals surface area (Å²) in [5, 5.41) is 0. The third-order valence-electron chi connectivity index (χ3n) is 2.77. The zero-order valence-electron chi connectivity index (χ0n) is 13.4. The molecule has 0 aromatic heterocycles. The lowest BCUT2D eigenvalue weighted by molar-refractivity contribution is -0.229. The molecule has 0 aliphatic heterocycles. The van der Waals surface area contributed by atoms with Gasteiger partial charge in [0, 0.05) is 25.4 Å². The van der Waals surface area contributed by atoms with Crippen LogP contribution in [0, 0.1) is 0 Å². The Labute approximate surface area is 124 Å². The van der Waals surface area contributed by atoms with Crippen molar-refractivity contribution in [2.45, 2.75) is 52.4 Å². The van der Waals surface area contributed by atoms with E-state index in [9.17, 15) is 4.79 Å². The molecule has 0 aliphatic rings. The topological polar surface area (TPSA) is 54.0 Å². The molecule has 0 fully saturated rings. The van der Waals surface area contributed by atoms with Gasteiger partial charge in [-0.25, -0.2) is 4.79 Å². The van der Waals surface area contributed by atoms with Gasteiger partial charge in [0.2, 0.25) is 6.29 Å².